The Hall–Kier alpha value is -1.52. The van der Waals surface area contributed by atoms with Crippen LogP contribution >= 0.6 is 21.6 Å². The highest BCUT2D eigenvalue weighted by Crippen LogP contribution is 2.43. The van der Waals surface area contributed by atoms with Crippen LogP contribution in [0.4, 0.5) is 8.63 Å². The average molecular weight is 413 g/mol. The molecule has 0 aromatic carbocycles. The summed E-state index contributed by atoms with van der Waals surface area (Å²) in [6.45, 7) is 3.16. The van der Waals surface area contributed by atoms with Crippen LogP contribution in [0.1, 0.15) is 30.8 Å². The van der Waals surface area contributed by atoms with E-state index in [2.05, 4.69) is 0 Å². The lowest BCUT2D eigenvalue weighted by molar-refractivity contribution is -0.363. The number of aryl methyl sites for hydroxylation is 2. The summed E-state index contributed by atoms with van der Waals surface area (Å²) in [5, 5.41) is 8.89. The highest BCUT2D eigenvalue weighted by atomic mass is 33.1. The second-order valence-corrected chi connectivity index (χ2v) is 9.44. The van der Waals surface area contributed by atoms with Crippen LogP contribution in [-0.4, -0.2) is 50.3 Å². The van der Waals surface area contributed by atoms with Gasteiger partial charge < -0.3 is 28.4 Å². The van der Waals surface area contributed by atoms with Crippen LogP contribution in [0, 0.1) is 13.8 Å². The van der Waals surface area contributed by atoms with Gasteiger partial charge in [-0.2, -0.15) is 0 Å². The van der Waals surface area contributed by atoms with E-state index in [-0.39, 0.29) is 5.75 Å². The van der Waals surface area contributed by atoms with Crippen LogP contribution in [0.2, 0.25) is 0 Å². The van der Waals surface area contributed by atoms with E-state index in [9.17, 15) is 4.79 Å². The lowest BCUT2D eigenvalue weighted by atomic mass is 9.86. The van der Waals surface area contributed by atoms with Crippen molar-refractivity contribution < 1.29 is 23.0 Å². The maximum absolute atomic E-state index is 15.4. The van der Waals surface area contributed by atoms with Gasteiger partial charge in [0.1, 0.15) is 11.8 Å². The van der Waals surface area contributed by atoms with Gasteiger partial charge in [0.25, 0.3) is 0 Å². The van der Waals surface area contributed by atoms with Gasteiger partial charge in [-0.05, 0) is 38.1 Å². The zero-order valence-corrected chi connectivity index (χ0v) is 17.3. The Labute approximate surface area is 164 Å². The molecule has 0 saturated heterocycles. The minimum Gasteiger partial charge on any atom is -0.480 e. The molecule has 3 heterocycles. The standard InChI is InChI=1S/C17H22BF2N3O2S2/c1-9-5-11(3)22-15(9)13(7-26-27-8-14(21)17(24)25)16-10(2)6-12(4)23(16)18(22,19)20/h5-6,14H,7-8,21H2,1-4H3,(H,24,25). The topological polar surface area (TPSA) is 71.3 Å². The fourth-order valence-corrected chi connectivity index (χ4v) is 6.05. The monoisotopic (exact) mass is 413 g/mol. The highest BCUT2D eigenvalue weighted by molar-refractivity contribution is 8.76. The molecule has 0 radical (unpaired) electrons. The number of carbonyl (C=O) groups is 1. The molecule has 1 atom stereocenters. The number of aliphatic carboxylic acids is 1. The lowest BCUT2D eigenvalue weighted by Crippen LogP contribution is -2.51. The van der Waals surface area contributed by atoms with E-state index in [1.807, 2.05) is 13.8 Å². The number of hydrogen-bond acceptors (Lipinski definition) is 4. The number of fused-ring (bicyclic) bond motifs is 2. The Morgan fingerprint density at radius 2 is 2.00 bits per heavy atom. The predicted molar refractivity (Wildman–Crippen MR) is 109 cm³/mol. The number of aromatic nitrogens is 1. The normalized spacial score (nSPS) is 19.1. The minimum absolute atomic E-state index is 0.255. The van der Waals surface area contributed by atoms with Gasteiger partial charge in [0.2, 0.25) is 0 Å². The van der Waals surface area contributed by atoms with E-state index < -0.39 is 19.0 Å². The number of nitrogens with zero attached hydrogens (tertiary/aromatic N) is 2. The van der Waals surface area contributed by atoms with Gasteiger partial charge >= 0.3 is 12.9 Å². The van der Waals surface area contributed by atoms with E-state index >= 15 is 8.63 Å². The van der Waals surface area contributed by atoms with Gasteiger partial charge in [-0.3, -0.25) is 4.79 Å². The van der Waals surface area contributed by atoms with Crippen LogP contribution in [0.25, 0.3) is 5.57 Å². The molecule has 1 aromatic rings. The molecule has 0 saturated carbocycles. The quantitative estimate of drug-likeness (QED) is 0.426. The first kappa shape index (κ1) is 20.2. The maximum Gasteiger partial charge on any atom is 0.737 e. The van der Waals surface area contributed by atoms with Crippen molar-refractivity contribution in [2.75, 3.05) is 11.5 Å². The third-order valence-corrected chi connectivity index (χ3v) is 7.21. The van der Waals surface area contributed by atoms with Gasteiger partial charge in [0.15, 0.2) is 5.70 Å². The molecular formula is C17H22BF2N3O2S2. The highest BCUT2D eigenvalue weighted by Gasteiger charge is 2.54. The van der Waals surface area contributed by atoms with Crippen molar-refractivity contribution in [3.8, 4) is 0 Å². The first-order valence-corrected chi connectivity index (χ1v) is 11.0. The van der Waals surface area contributed by atoms with Gasteiger partial charge in [-0.15, -0.1) is 0 Å². The molecule has 3 rings (SSSR count). The number of rotatable bonds is 6. The second kappa shape index (κ2) is 7.14. The van der Waals surface area contributed by atoms with Crippen LogP contribution in [-0.2, 0) is 4.79 Å². The molecule has 3 N–H and O–H groups in total. The van der Waals surface area contributed by atoms with Crippen molar-refractivity contribution in [1.29, 1.82) is 0 Å². The van der Waals surface area contributed by atoms with Crippen molar-refractivity contribution in [3.05, 3.63) is 40.4 Å². The lowest BCUT2D eigenvalue weighted by Gasteiger charge is -2.33. The zero-order chi connectivity index (χ0) is 20.1. The zero-order valence-electron chi connectivity index (χ0n) is 15.6. The summed E-state index contributed by atoms with van der Waals surface area (Å²) >= 11 is 0. The Balaban J connectivity index is 2.01. The number of halogens is 2. The number of hydrogen-bond donors (Lipinski definition) is 2. The molecule has 2 aliphatic heterocycles. The first-order chi connectivity index (χ1) is 12.6. The first-order valence-electron chi connectivity index (χ1n) is 8.56. The Bertz CT molecular complexity index is 922. The summed E-state index contributed by atoms with van der Waals surface area (Å²) in [5.41, 5.74) is 10.2. The number of nitrogens with two attached hydrogens (primary N) is 1. The van der Waals surface area contributed by atoms with Crippen molar-refractivity contribution in [1.82, 2.24) is 4.48 Å². The minimum atomic E-state index is -3.95. The molecule has 0 bridgehead atoms. The molecule has 146 valence electrons. The van der Waals surface area contributed by atoms with Crippen molar-refractivity contribution in [2.45, 2.75) is 33.7 Å². The number of allylic oxidation sites excluding steroid dienone is 2. The van der Waals surface area contributed by atoms with E-state index in [0.717, 1.165) is 25.7 Å². The Kier molecular flexibility index (Phi) is 5.35. The molecular weight excluding hydrogens is 391 g/mol. The van der Waals surface area contributed by atoms with E-state index in [1.165, 1.54) is 21.6 Å². The molecule has 0 fully saturated rings. The summed E-state index contributed by atoms with van der Waals surface area (Å²) in [5.74, 6) is -0.306. The molecule has 1 aromatic heterocycles. The molecule has 0 spiro atoms. The van der Waals surface area contributed by atoms with Crippen molar-refractivity contribution >= 4 is 45.8 Å². The van der Waals surface area contributed by atoms with E-state index in [0.29, 0.717) is 28.5 Å². The fraction of sp³-hybridized carbons (Fsp3) is 0.412. The van der Waals surface area contributed by atoms with Gasteiger partial charge in [0, 0.05) is 35.8 Å². The smallest absolute Gasteiger partial charge is 0.480 e. The second-order valence-electron chi connectivity index (χ2n) is 6.93. The predicted octanol–water partition coefficient (Wildman–Crippen LogP) is 3.28. The van der Waals surface area contributed by atoms with Crippen LogP contribution < -0.4 is 5.73 Å². The van der Waals surface area contributed by atoms with Crippen molar-refractivity contribution in [3.63, 3.8) is 0 Å². The van der Waals surface area contributed by atoms with E-state index in [4.69, 9.17) is 10.8 Å². The average Bonchev–Trinajstić information content (AvgIpc) is 3.03. The number of carboxylic acid groups (broad SMARTS) is 1. The number of carboxylic acids is 1. The van der Waals surface area contributed by atoms with Crippen LogP contribution in [0.3, 0.4) is 0 Å². The summed E-state index contributed by atoms with van der Waals surface area (Å²) in [7, 11) is 2.79. The van der Waals surface area contributed by atoms with Crippen LogP contribution in [0.5, 0.6) is 0 Å². The summed E-state index contributed by atoms with van der Waals surface area (Å²) in [4.78, 5) is 10.8. The summed E-state index contributed by atoms with van der Waals surface area (Å²) in [6, 6.07) is 0.854. The third-order valence-electron chi connectivity index (χ3n) is 4.88. The summed E-state index contributed by atoms with van der Waals surface area (Å²) < 4.78 is 33.1. The fourth-order valence-electron chi connectivity index (χ4n) is 3.86. The third kappa shape index (κ3) is 3.27. The largest absolute Gasteiger partial charge is 0.737 e. The Morgan fingerprint density at radius 3 is 2.63 bits per heavy atom. The molecule has 2 aliphatic rings. The van der Waals surface area contributed by atoms with Crippen LogP contribution in [0.15, 0.2) is 23.4 Å². The molecule has 0 aliphatic carbocycles. The summed E-state index contributed by atoms with van der Waals surface area (Å²) in [6.07, 6.45) is 1.79. The van der Waals surface area contributed by atoms with Crippen molar-refractivity contribution in [2.24, 2.45) is 5.73 Å². The van der Waals surface area contributed by atoms with Gasteiger partial charge in [0.05, 0.1) is 5.57 Å². The van der Waals surface area contributed by atoms with Gasteiger partial charge in [-0.1, -0.05) is 21.6 Å². The molecule has 10 heteroatoms. The maximum atomic E-state index is 15.4. The molecule has 0 amide bonds. The molecule has 5 nitrogen and oxygen atoms in total. The van der Waals surface area contributed by atoms with E-state index in [1.54, 1.807) is 26.0 Å². The van der Waals surface area contributed by atoms with Gasteiger partial charge in [-0.25, -0.2) is 0 Å². The molecule has 27 heavy (non-hydrogen) atoms. The SMILES string of the molecule is CC1=CC(C)=[N+]2C1=C(CSSCC(N)C(=O)O)c1c(C)cc(C)n1[B-]2(F)F. The Morgan fingerprint density at radius 1 is 1.33 bits per heavy atom. The molecule has 1 unspecified atom stereocenters.